The highest BCUT2D eigenvalue weighted by Crippen LogP contribution is 2.33. The molecule has 0 bridgehead atoms. The number of rotatable bonds is 3. The molecule has 4 heteroatoms. The summed E-state index contributed by atoms with van der Waals surface area (Å²) in [6, 6.07) is 16.4. The van der Waals surface area contributed by atoms with Gasteiger partial charge in [0, 0.05) is 24.3 Å². The number of anilines is 1. The van der Waals surface area contributed by atoms with E-state index >= 15 is 0 Å². The fourth-order valence-corrected chi connectivity index (χ4v) is 2.55. The van der Waals surface area contributed by atoms with Crippen molar-refractivity contribution in [2.45, 2.75) is 26.4 Å². The summed E-state index contributed by atoms with van der Waals surface area (Å²) in [5.74, 6) is 1.71. The number of amidine groups is 1. The van der Waals surface area contributed by atoms with Crippen molar-refractivity contribution in [2.24, 2.45) is 4.99 Å². The molecule has 0 fully saturated rings. The Bertz CT molecular complexity index is 680. The normalized spacial score (nSPS) is 13.3. The van der Waals surface area contributed by atoms with Gasteiger partial charge in [0.15, 0.2) is 0 Å². The van der Waals surface area contributed by atoms with E-state index in [0.29, 0.717) is 18.3 Å². The SMILES string of the molecule is CC(C)N(Cc1ccccc1)C1=Nc2ccc(N)cc2OC1. The van der Waals surface area contributed by atoms with Crippen molar-refractivity contribution in [1.29, 1.82) is 0 Å². The van der Waals surface area contributed by atoms with Gasteiger partial charge >= 0.3 is 0 Å². The minimum Gasteiger partial charge on any atom is -0.483 e. The van der Waals surface area contributed by atoms with Crippen LogP contribution in [0.2, 0.25) is 0 Å². The van der Waals surface area contributed by atoms with E-state index in [1.165, 1.54) is 5.56 Å². The molecule has 0 unspecified atom stereocenters. The summed E-state index contributed by atoms with van der Waals surface area (Å²) < 4.78 is 5.83. The van der Waals surface area contributed by atoms with Gasteiger partial charge in [-0.3, -0.25) is 0 Å². The van der Waals surface area contributed by atoms with Crippen molar-refractivity contribution in [3.05, 3.63) is 54.1 Å². The van der Waals surface area contributed by atoms with Gasteiger partial charge in [-0.05, 0) is 31.5 Å². The first-order valence-electron chi connectivity index (χ1n) is 7.54. The zero-order valence-electron chi connectivity index (χ0n) is 13.0. The lowest BCUT2D eigenvalue weighted by molar-refractivity contribution is 0.293. The van der Waals surface area contributed by atoms with Crippen LogP contribution in [0.1, 0.15) is 19.4 Å². The predicted molar refractivity (Wildman–Crippen MR) is 90.6 cm³/mol. The van der Waals surface area contributed by atoms with E-state index in [1.807, 2.05) is 24.3 Å². The standard InChI is InChI=1S/C18H21N3O/c1-13(2)21(11-14-6-4-3-5-7-14)18-12-22-17-10-15(19)8-9-16(17)20-18/h3-10,13H,11-12,19H2,1-2H3. The Morgan fingerprint density at radius 2 is 1.95 bits per heavy atom. The van der Waals surface area contributed by atoms with Crippen LogP contribution in [0.5, 0.6) is 5.75 Å². The number of fused-ring (bicyclic) bond motifs is 1. The number of hydrogen-bond donors (Lipinski definition) is 1. The maximum atomic E-state index is 5.83. The number of benzene rings is 2. The number of ether oxygens (including phenoxy) is 1. The molecule has 4 nitrogen and oxygen atoms in total. The second-order valence-electron chi connectivity index (χ2n) is 5.75. The number of aliphatic imine (C=N–C) groups is 1. The number of nitrogen functional groups attached to an aromatic ring is 1. The van der Waals surface area contributed by atoms with Gasteiger partial charge in [-0.1, -0.05) is 30.3 Å². The molecule has 0 saturated carbocycles. The average Bonchev–Trinajstić information content (AvgIpc) is 2.53. The molecule has 0 saturated heterocycles. The van der Waals surface area contributed by atoms with Crippen LogP contribution in [0.4, 0.5) is 11.4 Å². The van der Waals surface area contributed by atoms with Crippen molar-refractivity contribution in [3.63, 3.8) is 0 Å². The summed E-state index contributed by atoms with van der Waals surface area (Å²) in [4.78, 5) is 7.04. The van der Waals surface area contributed by atoms with Gasteiger partial charge in [0.25, 0.3) is 0 Å². The van der Waals surface area contributed by atoms with Crippen molar-refractivity contribution in [2.75, 3.05) is 12.3 Å². The lowest BCUT2D eigenvalue weighted by atomic mass is 10.1. The fraction of sp³-hybridized carbons (Fsp3) is 0.278. The molecule has 0 spiro atoms. The number of nitrogens with zero attached hydrogens (tertiary/aromatic N) is 2. The van der Waals surface area contributed by atoms with Crippen molar-refractivity contribution < 1.29 is 4.74 Å². The second-order valence-corrected chi connectivity index (χ2v) is 5.75. The highest BCUT2D eigenvalue weighted by Gasteiger charge is 2.21. The number of hydrogen-bond acceptors (Lipinski definition) is 4. The van der Waals surface area contributed by atoms with E-state index in [-0.39, 0.29) is 0 Å². The molecular weight excluding hydrogens is 274 g/mol. The first-order valence-corrected chi connectivity index (χ1v) is 7.54. The molecule has 2 aromatic carbocycles. The molecular formula is C18H21N3O. The van der Waals surface area contributed by atoms with Crippen LogP contribution >= 0.6 is 0 Å². The molecule has 1 aliphatic rings. The zero-order chi connectivity index (χ0) is 15.5. The van der Waals surface area contributed by atoms with E-state index < -0.39 is 0 Å². The molecule has 1 aliphatic heterocycles. The molecule has 2 aromatic rings. The summed E-state index contributed by atoms with van der Waals surface area (Å²) in [6.45, 7) is 5.64. The Labute approximate surface area is 131 Å². The van der Waals surface area contributed by atoms with Crippen molar-refractivity contribution >= 4 is 17.2 Å². The first-order chi connectivity index (χ1) is 10.6. The molecule has 0 radical (unpaired) electrons. The quantitative estimate of drug-likeness (QED) is 0.880. The smallest absolute Gasteiger partial charge is 0.147 e. The first kappa shape index (κ1) is 14.4. The molecule has 22 heavy (non-hydrogen) atoms. The Morgan fingerprint density at radius 1 is 1.18 bits per heavy atom. The summed E-state index contributed by atoms with van der Waals surface area (Å²) in [5, 5.41) is 0. The Balaban J connectivity index is 1.88. The zero-order valence-corrected chi connectivity index (χ0v) is 13.0. The van der Waals surface area contributed by atoms with E-state index in [2.05, 4.69) is 43.0 Å². The molecule has 0 atom stereocenters. The monoisotopic (exact) mass is 295 g/mol. The summed E-state index contributed by atoms with van der Waals surface area (Å²) >= 11 is 0. The highest BCUT2D eigenvalue weighted by atomic mass is 16.5. The van der Waals surface area contributed by atoms with E-state index in [1.54, 1.807) is 0 Å². The molecule has 114 valence electrons. The van der Waals surface area contributed by atoms with Crippen LogP contribution in [0.15, 0.2) is 53.5 Å². The summed E-state index contributed by atoms with van der Waals surface area (Å²) in [5.41, 5.74) is 8.59. The number of nitrogens with two attached hydrogens (primary N) is 1. The van der Waals surface area contributed by atoms with Crippen molar-refractivity contribution in [3.8, 4) is 5.75 Å². The van der Waals surface area contributed by atoms with Crippen LogP contribution in [0.25, 0.3) is 0 Å². The maximum absolute atomic E-state index is 5.83. The van der Waals surface area contributed by atoms with Crippen molar-refractivity contribution in [1.82, 2.24) is 4.90 Å². The van der Waals surface area contributed by atoms with Gasteiger partial charge in [-0.15, -0.1) is 0 Å². The van der Waals surface area contributed by atoms with Crippen LogP contribution in [-0.2, 0) is 6.54 Å². The maximum Gasteiger partial charge on any atom is 0.147 e. The minimum absolute atomic E-state index is 0.345. The largest absolute Gasteiger partial charge is 0.483 e. The molecule has 1 heterocycles. The van der Waals surface area contributed by atoms with Crippen LogP contribution in [0, 0.1) is 0 Å². The molecule has 0 amide bonds. The second kappa shape index (κ2) is 6.10. The fourth-order valence-electron chi connectivity index (χ4n) is 2.55. The lowest BCUT2D eigenvalue weighted by Gasteiger charge is -2.32. The Morgan fingerprint density at radius 3 is 2.68 bits per heavy atom. The van der Waals surface area contributed by atoms with Crippen LogP contribution in [-0.4, -0.2) is 23.4 Å². The van der Waals surface area contributed by atoms with E-state index in [9.17, 15) is 0 Å². The van der Waals surface area contributed by atoms with Gasteiger partial charge in [0.1, 0.15) is 23.9 Å². The van der Waals surface area contributed by atoms with Crippen LogP contribution < -0.4 is 10.5 Å². The highest BCUT2D eigenvalue weighted by molar-refractivity contribution is 5.89. The average molecular weight is 295 g/mol. The van der Waals surface area contributed by atoms with Gasteiger partial charge in [-0.2, -0.15) is 0 Å². The molecule has 2 N–H and O–H groups in total. The van der Waals surface area contributed by atoms with E-state index in [4.69, 9.17) is 15.5 Å². The third kappa shape index (κ3) is 3.06. The third-order valence-electron chi connectivity index (χ3n) is 3.74. The van der Waals surface area contributed by atoms with Gasteiger partial charge in [-0.25, -0.2) is 4.99 Å². The summed E-state index contributed by atoms with van der Waals surface area (Å²) in [6.07, 6.45) is 0. The molecule has 0 aliphatic carbocycles. The predicted octanol–water partition coefficient (Wildman–Crippen LogP) is 3.60. The lowest BCUT2D eigenvalue weighted by Crippen LogP contribution is -2.40. The van der Waals surface area contributed by atoms with Gasteiger partial charge in [0.05, 0.1) is 0 Å². The van der Waals surface area contributed by atoms with Gasteiger partial charge < -0.3 is 15.4 Å². The van der Waals surface area contributed by atoms with Crippen LogP contribution in [0.3, 0.4) is 0 Å². The summed E-state index contributed by atoms with van der Waals surface area (Å²) in [7, 11) is 0. The molecule has 3 rings (SSSR count). The Hall–Kier alpha value is -2.49. The molecule has 0 aromatic heterocycles. The van der Waals surface area contributed by atoms with Gasteiger partial charge in [0.2, 0.25) is 0 Å². The minimum atomic E-state index is 0.345. The Kier molecular flexibility index (Phi) is 4.00. The topological polar surface area (TPSA) is 50.8 Å². The van der Waals surface area contributed by atoms with E-state index in [0.717, 1.165) is 23.8 Å². The third-order valence-corrected chi connectivity index (χ3v) is 3.74.